The molecule has 1 aromatic heterocycles. The van der Waals surface area contributed by atoms with E-state index in [0.717, 1.165) is 10.4 Å². The zero-order valence-corrected chi connectivity index (χ0v) is 18.3. The second kappa shape index (κ2) is 8.01. The standard InChI is InChI=1S/C23H19N3O5S/c1-12-7-9-15(10-8-12)20(27)18-19(16-5-4-6-17(11-16)26(30)31)25(22(29)21(18)28)23-24-13(2)14(3)32-23/h4-11,19,27H,1-3H3/t19-/m0/s1. The largest absolute Gasteiger partial charge is 0.507 e. The summed E-state index contributed by atoms with van der Waals surface area (Å²) in [5.41, 5.74) is 2.06. The Labute approximate surface area is 187 Å². The Hall–Kier alpha value is -3.85. The first-order chi connectivity index (χ1) is 15.2. The van der Waals surface area contributed by atoms with E-state index in [0.29, 0.717) is 22.0 Å². The van der Waals surface area contributed by atoms with Crippen molar-refractivity contribution in [3.05, 3.63) is 91.5 Å². The number of aliphatic hydroxyl groups is 1. The molecular formula is C23H19N3O5S. The lowest BCUT2D eigenvalue weighted by atomic mass is 9.95. The number of rotatable bonds is 4. The van der Waals surface area contributed by atoms with Crippen LogP contribution < -0.4 is 4.90 Å². The maximum absolute atomic E-state index is 13.1. The molecule has 0 aliphatic carbocycles. The summed E-state index contributed by atoms with van der Waals surface area (Å²) in [4.78, 5) is 43.5. The minimum Gasteiger partial charge on any atom is -0.507 e. The van der Waals surface area contributed by atoms with Crippen molar-refractivity contribution in [2.45, 2.75) is 26.8 Å². The first kappa shape index (κ1) is 21.4. The molecule has 1 atom stereocenters. The first-order valence-corrected chi connectivity index (χ1v) is 10.6. The highest BCUT2D eigenvalue weighted by atomic mass is 32.1. The summed E-state index contributed by atoms with van der Waals surface area (Å²) in [5.74, 6) is -2.05. The monoisotopic (exact) mass is 449 g/mol. The molecule has 1 amide bonds. The van der Waals surface area contributed by atoms with E-state index in [1.54, 1.807) is 37.3 Å². The molecule has 4 rings (SSSR count). The molecule has 162 valence electrons. The molecule has 9 heteroatoms. The van der Waals surface area contributed by atoms with Crippen molar-refractivity contribution in [1.29, 1.82) is 0 Å². The van der Waals surface area contributed by atoms with Gasteiger partial charge in [0.15, 0.2) is 5.13 Å². The molecule has 1 aliphatic rings. The smallest absolute Gasteiger partial charge is 0.301 e. The number of hydrogen-bond donors (Lipinski definition) is 1. The van der Waals surface area contributed by atoms with Gasteiger partial charge in [0.25, 0.3) is 11.5 Å². The number of hydrogen-bond acceptors (Lipinski definition) is 7. The van der Waals surface area contributed by atoms with Gasteiger partial charge in [-0.15, -0.1) is 11.3 Å². The number of nitro benzene ring substituents is 1. The molecule has 3 aromatic rings. The van der Waals surface area contributed by atoms with E-state index in [-0.39, 0.29) is 17.0 Å². The van der Waals surface area contributed by atoms with Gasteiger partial charge in [0.1, 0.15) is 5.76 Å². The highest BCUT2D eigenvalue weighted by Crippen LogP contribution is 2.44. The molecule has 2 aromatic carbocycles. The number of benzene rings is 2. The number of non-ortho nitro benzene ring substituents is 1. The van der Waals surface area contributed by atoms with Gasteiger partial charge in [-0.25, -0.2) is 4.98 Å². The van der Waals surface area contributed by atoms with Crippen LogP contribution in [-0.4, -0.2) is 26.7 Å². The van der Waals surface area contributed by atoms with Crippen molar-refractivity contribution in [3.8, 4) is 0 Å². The third-order valence-corrected chi connectivity index (χ3v) is 6.46. The number of thiazole rings is 1. The van der Waals surface area contributed by atoms with Crippen LogP contribution in [0.4, 0.5) is 10.8 Å². The maximum atomic E-state index is 13.1. The second-order valence-electron chi connectivity index (χ2n) is 7.53. The minimum absolute atomic E-state index is 0.134. The lowest BCUT2D eigenvalue weighted by molar-refractivity contribution is -0.384. The number of aromatic nitrogens is 1. The molecule has 1 N–H and O–H groups in total. The van der Waals surface area contributed by atoms with Crippen molar-refractivity contribution < 1.29 is 19.6 Å². The van der Waals surface area contributed by atoms with Gasteiger partial charge in [-0.2, -0.15) is 0 Å². The molecule has 32 heavy (non-hydrogen) atoms. The quantitative estimate of drug-likeness (QED) is 0.205. The van der Waals surface area contributed by atoms with Gasteiger partial charge in [0.05, 0.1) is 22.2 Å². The Morgan fingerprint density at radius 3 is 2.41 bits per heavy atom. The van der Waals surface area contributed by atoms with Gasteiger partial charge >= 0.3 is 5.91 Å². The third kappa shape index (κ3) is 3.56. The Bertz CT molecular complexity index is 1270. The molecule has 0 bridgehead atoms. The molecule has 0 unspecified atom stereocenters. The fourth-order valence-corrected chi connectivity index (χ4v) is 4.52. The number of nitro groups is 1. The van der Waals surface area contributed by atoms with Crippen LogP contribution in [0.15, 0.2) is 54.1 Å². The first-order valence-electron chi connectivity index (χ1n) is 9.75. The van der Waals surface area contributed by atoms with Crippen LogP contribution in [-0.2, 0) is 9.59 Å². The SMILES string of the molecule is Cc1ccc(C(O)=C2C(=O)C(=O)N(c3nc(C)c(C)s3)[C@H]2c2cccc([N+](=O)[O-])c2)cc1. The van der Waals surface area contributed by atoms with Crippen LogP contribution in [0.5, 0.6) is 0 Å². The average Bonchev–Trinajstić information content (AvgIpc) is 3.23. The van der Waals surface area contributed by atoms with Crippen LogP contribution in [0.1, 0.15) is 33.3 Å². The van der Waals surface area contributed by atoms with E-state index in [4.69, 9.17) is 0 Å². The van der Waals surface area contributed by atoms with E-state index in [2.05, 4.69) is 4.98 Å². The van der Waals surface area contributed by atoms with Crippen molar-refractivity contribution in [2.75, 3.05) is 4.90 Å². The normalized spacial score (nSPS) is 17.7. The summed E-state index contributed by atoms with van der Waals surface area (Å²) < 4.78 is 0. The van der Waals surface area contributed by atoms with Crippen molar-refractivity contribution in [1.82, 2.24) is 4.98 Å². The highest BCUT2D eigenvalue weighted by Gasteiger charge is 2.48. The second-order valence-corrected chi connectivity index (χ2v) is 8.71. The highest BCUT2D eigenvalue weighted by molar-refractivity contribution is 7.16. The summed E-state index contributed by atoms with van der Waals surface area (Å²) in [6.45, 7) is 5.53. The summed E-state index contributed by atoms with van der Waals surface area (Å²) in [7, 11) is 0. The van der Waals surface area contributed by atoms with Crippen molar-refractivity contribution in [2.24, 2.45) is 0 Å². The van der Waals surface area contributed by atoms with Crippen LogP contribution in [0, 0.1) is 30.9 Å². The molecular weight excluding hydrogens is 430 g/mol. The van der Waals surface area contributed by atoms with Gasteiger partial charge in [-0.1, -0.05) is 42.0 Å². The number of Topliss-reactive ketones (excluding diaryl/α,β-unsaturated/α-hetero) is 1. The van der Waals surface area contributed by atoms with Gasteiger partial charge < -0.3 is 5.11 Å². The lowest BCUT2D eigenvalue weighted by Crippen LogP contribution is -2.29. The van der Waals surface area contributed by atoms with E-state index in [1.165, 1.54) is 34.4 Å². The summed E-state index contributed by atoms with van der Waals surface area (Å²) in [5, 5.41) is 22.7. The van der Waals surface area contributed by atoms with Crippen LogP contribution in [0.2, 0.25) is 0 Å². The predicted molar refractivity (Wildman–Crippen MR) is 121 cm³/mol. The lowest BCUT2D eigenvalue weighted by Gasteiger charge is -2.22. The molecule has 1 saturated heterocycles. The Morgan fingerprint density at radius 2 is 1.81 bits per heavy atom. The van der Waals surface area contributed by atoms with Crippen LogP contribution in [0.3, 0.4) is 0 Å². The van der Waals surface area contributed by atoms with E-state index < -0.39 is 22.7 Å². The van der Waals surface area contributed by atoms with Crippen molar-refractivity contribution in [3.63, 3.8) is 0 Å². The van der Waals surface area contributed by atoms with Gasteiger partial charge in [0, 0.05) is 22.6 Å². The van der Waals surface area contributed by atoms with Gasteiger partial charge in [0.2, 0.25) is 0 Å². The predicted octanol–water partition coefficient (Wildman–Crippen LogP) is 4.60. The molecule has 1 fully saturated rings. The number of nitrogens with zero attached hydrogens (tertiary/aromatic N) is 3. The number of aliphatic hydroxyl groups excluding tert-OH is 1. The summed E-state index contributed by atoms with van der Waals surface area (Å²) >= 11 is 1.24. The average molecular weight is 449 g/mol. The molecule has 0 spiro atoms. The zero-order valence-electron chi connectivity index (χ0n) is 17.5. The number of anilines is 1. The summed E-state index contributed by atoms with van der Waals surface area (Å²) in [6.07, 6.45) is 0. The van der Waals surface area contributed by atoms with Crippen LogP contribution in [0.25, 0.3) is 5.76 Å². The summed E-state index contributed by atoms with van der Waals surface area (Å²) in [6, 6.07) is 11.5. The Morgan fingerprint density at radius 1 is 1.12 bits per heavy atom. The fourth-order valence-electron chi connectivity index (χ4n) is 3.58. The maximum Gasteiger partial charge on any atom is 0.301 e. The van der Waals surface area contributed by atoms with Crippen molar-refractivity contribution >= 4 is 39.6 Å². The molecule has 1 aliphatic heterocycles. The number of amides is 1. The molecule has 8 nitrogen and oxygen atoms in total. The Kier molecular flexibility index (Phi) is 5.35. The molecule has 2 heterocycles. The van der Waals surface area contributed by atoms with E-state index in [9.17, 15) is 24.8 Å². The minimum atomic E-state index is -1.05. The molecule has 0 radical (unpaired) electrons. The Balaban J connectivity index is 1.97. The molecule has 0 saturated carbocycles. The number of carbonyl (C=O) groups is 2. The number of carbonyl (C=O) groups excluding carboxylic acids is 2. The fraction of sp³-hybridized carbons (Fsp3) is 0.174. The zero-order chi connectivity index (χ0) is 23.2. The van der Waals surface area contributed by atoms with Gasteiger partial charge in [-0.3, -0.25) is 24.6 Å². The third-order valence-electron chi connectivity index (χ3n) is 5.39. The number of aryl methyl sites for hydroxylation is 3. The number of ketones is 1. The van der Waals surface area contributed by atoms with E-state index in [1.807, 2.05) is 13.8 Å². The van der Waals surface area contributed by atoms with E-state index >= 15 is 0 Å². The topological polar surface area (TPSA) is 114 Å². The van der Waals surface area contributed by atoms with Crippen LogP contribution >= 0.6 is 11.3 Å². The van der Waals surface area contributed by atoms with Gasteiger partial charge in [-0.05, 0) is 26.3 Å².